The highest BCUT2D eigenvalue weighted by atomic mass is 32.2. The van der Waals surface area contributed by atoms with Gasteiger partial charge in [-0.2, -0.15) is 0 Å². The zero-order valence-electron chi connectivity index (χ0n) is 12.0. The number of H-pyrrole nitrogens is 1. The predicted octanol–water partition coefficient (Wildman–Crippen LogP) is 3.95. The molecule has 0 bridgehead atoms. The Morgan fingerprint density at radius 1 is 1.30 bits per heavy atom. The van der Waals surface area contributed by atoms with E-state index < -0.39 is 0 Å². The molecule has 0 radical (unpaired) electrons. The van der Waals surface area contributed by atoms with E-state index in [9.17, 15) is 4.79 Å². The fraction of sp³-hybridized carbons (Fsp3) is 0.375. The van der Waals surface area contributed by atoms with Crippen LogP contribution in [0.2, 0.25) is 0 Å². The zero-order valence-corrected chi connectivity index (χ0v) is 12.8. The van der Waals surface area contributed by atoms with Crippen molar-refractivity contribution in [1.29, 1.82) is 0 Å². The number of carbonyl (C=O) groups excluding carboxylic acids is 1. The first-order valence-corrected chi connectivity index (χ1v) is 7.98. The molecule has 1 aliphatic rings. The highest BCUT2D eigenvalue weighted by Gasteiger charge is 2.35. The van der Waals surface area contributed by atoms with Crippen LogP contribution in [0.15, 0.2) is 29.3 Å². The molecular formula is C16H18N2OS. The van der Waals surface area contributed by atoms with Crippen LogP contribution in [-0.4, -0.2) is 22.0 Å². The number of nitrogens with zero attached hydrogens (tertiary/aromatic N) is 1. The Labute approximate surface area is 123 Å². The van der Waals surface area contributed by atoms with Crippen molar-refractivity contribution in [3.8, 4) is 11.4 Å². The molecule has 2 aromatic rings. The van der Waals surface area contributed by atoms with Gasteiger partial charge in [0, 0.05) is 23.2 Å². The SMILES string of the molecule is CSc1c(-c2ccccn2)[nH]c2c1C(=O)CC(C)(C)C2. The van der Waals surface area contributed by atoms with E-state index in [-0.39, 0.29) is 11.2 Å². The summed E-state index contributed by atoms with van der Waals surface area (Å²) in [5, 5.41) is 0. The number of aromatic amines is 1. The number of thioether (sulfide) groups is 1. The number of nitrogens with one attached hydrogen (secondary N) is 1. The molecule has 104 valence electrons. The van der Waals surface area contributed by atoms with Gasteiger partial charge in [-0.15, -0.1) is 11.8 Å². The van der Waals surface area contributed by atoms with Crippen molar-refractivity contribution in [1.82, 2.24) is 9.97 Å². The molecule has 2 heterocycles. The standard InChI is InChI=1S/C16H18N2OS/c1-16(2)8-11-13(12(19)9-16)15(20-3)14(18-11)10-6-4-5-7-17-10/h4-7,18H,8-9H2,1-3H3. The van der Waals surface area contributed by atoms with Gasteiger partial charge >= 0.3 is 0 Å². The lowest BCUT2D eigenvalue weighted by molar-refractivity contribution is 0.0908. The van der Waals surface area contributed by atoms with E-state index in [0.717, 1.165) is 34.0 Å². The third kappa shape index (κ3) is 2.18. The fourth-order valence-corrected chi connectivity index (χ4v) is 3.72. The topological polar surface area (TPSA) is 45.8 Å². The van der Waals surface area contributed by atoms with Crippen molar-refractivity contribution in [3.05, 3.63) is 35.7 Å². The average molecular weight is 286 g/mol. The number of aromatic nitrogens is 2. The van der Waals surface area contributed by atoms with Crippen LogP contribution in [0.3, 0.4) is 0 Å². The largest absolute Gasteiger partial charge is 0.356 e. The third-order valence-corrected chi connectivity index (χ3v) is 4.55. The van der Waals surface area contributed by atoms with Gasteiger partial charge in [-0.1, -0.05) is 19.9 Å². The monoisotopic (exact) mass is 286 g/mol. The number of Topliss-reactive ketones (excluding diaryl/α,β-unsaturated/α-hetero) is 1. The minimum atomic E-state index is 0.0337. The van der Waals surface area contributed by atoms with Crippen molar-refractivity contribution < 1.29 is 4.79 Å². The van der Waals surface area contributed by atoms with Crippen LogP contribution < -0.4 is 0 Å². The minimum absolute atomic E-state index is 0.0337. The lowest BCUT2D eigenvalue weighted by Crippen LogP contribution is -2.26. The summed E-state index contributed by atoms with van der Waals surface area (Å²) in [5.74, 6) is 0.249. The molecule has 0 amide bonds. The highest BCUT2D eigenvalue weighted by Crippen LogP contribution is 2.42. The van der Waals surface area contributed by atoms with E-state index in [1.807, 2.05) is 24.5 Å². The van der Waals surface area contributed by atoms with Gasteiger partial charge in [-0.05, 0) is 30.2 Å². The molecule has 1 N–H and O–H groups in total. The Hall–Kier alpha value is -1.55. The molecule has 4 heteroatoms. The second-order valence-corrected chi connectivity index (χ2v) is 6.86. The first-order chi connectivity index (χ1) is 9.52. The summed E-state index contributed by atoms with van der Waals surface area (Å²) in [4.78, 5) is 21.4. The summed E-state index contributed by atoms with van der Waals surface area (Å²) in [7, 11) is 0. The molecule has 0 saturated carbocycles. The first-order valence-electron chi connectivity index (χ1n) is 6.75. The van der Waals surface area contributed by atoms with Crippen LogP contribution in [0.5, 0.6) is 0 Å². The molecule has 20 heavy (non-hydrogen) atoms. The zero-order chi connectivity index (χ0) is 14.3. The molecule has 0 spiro atoms. The van der Waals surface area contributed by atoms with Crippen molar-refractivity contribution in [2.75, 3.05) is 6.26 Å². The summed E-state index contributed by atoms with van der Waals surface area (Å²) >= 11 is 1.62. The number of pyridine rings is 1. The van der Waals surface area contributed by atoms with Crippen LogP contribution in [0.1, 0.15) is 36.3 Å². The molecule has 0 unspecified atom stereocenters. The van der Waals surface area contributed by atoms with Crippen LogP contribution in [0, 0.1) is 5.41 Å². The second kappa shape index (κ2) is 4.77. The third-order valence-electron chi connectivity index (χ3n) is 3.73. The first kappa shape index (κ1) is 13.4. The normalized spacial score (nSPS) is 17.1. The maximum absolute atomic E-state index is 12.5. The summed E-state index contributed by atoms with van der Waals surface area (Å²) in [6.45, 7) is 4.29. The molecule has 0 saturated heterocycles. The number of carbonyl (C=O) groups is 1. The Balaban J connectivity index is 2.18. The fourth-order valence-electron chi connectivity index (χ4n) is 2.92. The lowest BCUT2D eigenvalue weighted by atomic mass is 9.76. The van der Waals surface area contributed by atoms with Crippen molar-refractivity contribution in [3.63, 3.8) is 0 Å². The maximum Gasteiger partial charge on any atom is 0.166 e. The number of hydrogen-bond acceptors (Lipinski definition) is 3. The molecule has 2 aromatic heterocycles. The molecule has 0 fully saturated rings. The van der Waals surface area contributed by atoms with E-state index in [2.05, 4.69) is 23.8 Å². The van der Waals surface area contributed by atoms with Crippen LogP contribution in [-0.2, 0) is 6.42 Å². The molecular weight excluding hydrogens is 268 g/mol. The van der Waals surface area contributed by atoms with Crippen LogP contribution >= 0.6 is 11.8 Å². The van der Waals surface area contributed by atoms with Gasteiger partial charge in [0.2, 0.25) is 0 Å². The van der Waals surface area contributed by atoms with Gasteiger partial charge < -0.3 is 4.98 Å². The van der Waals surface area contributed by atoms with E-state index in [1.165, 1.54) is 0 Å². The Morgan fingerprint density at radius 3 is 2.75 bits per heavy atom. The lowest BCUT2D eigenvalue weighted by Gasteiger charge is -2.28. The summed E-state index contributed by atoms with van der Waals surface area (Å²) in [6, 6.07) is 5.85. The Morgan fingerprint density at radius 2 is 2.10 bits per heavy atom. The second-order valence-electron chi connectivity index (χ2n) is 6.04. The van der Waals surface area contributed by atoms with Gasteiger partial charge in [0.1, 0.15) is 0 Å². The smallest absolute Gasteiger partial charge is 0.166 e. The Bertz CT molecular complexity index is 659. The molecule has 0 aromatic carbocycles. The minimum Gasteiger partial charge on any atom is -0.356 e. The number of fused-ring (bicyclic) bond motifs is 1. The summed E-state index contributed by atoms with van der Waals surface area (Å²) in [5.41, 5.74) is 3.87. The number of hydrogen-bond donors (Lipinski definition) is 1. The van der Waals surface area contributed by atoms with E-state index in [0.29, 0.717) is 6.42 Å². The molecule has 0 aliphatic heterocycles. The van der Waals surface area contributed by atoms with Crippen molar-refractivity contribution in [2.24, 2.45) is 5.41 Å². The van der Waals surface area contributed by atoms with Gasteiger partial charge in [0.25, 0.3) is 0 Å². The predicted molar refractivity (Wildman–Crippen MR) is 82.2 cm³/mol. The Kier molecular flexibility index (Phi) is 3.21. The summed E-state index contributed by atoms with van der Waals surface area (Å²) < 4.78 is 0. The van der Waals surface area contributed by atoms with Crippen molar-refractivity contribution >= 4 is 17.5 Å². The average Bonchev–Trinajstić information content (AvgIpc) is 2.76. The van der Waals surface area contributed by atoms with Gasteiger partial charge in [0.05, 0.1) is 17.0 Å². The number of ketones is 1. The van der Waals surface area contributed by atoms with Gasteiger partial charge in [-0.3, -0.25) is 9.78 Å². The van der Waals surface area contributed by atoms with Crippen LogP contribution in [0.4, 0.5) is 0 Å². The van der Waals surface area contributed by atoms with Crippen LogP contribution in [0.25, 0.3) is 11.4 Å². The maximum atomic E-state index is 12.5. The quantitative estimate of drug-likeness (QED) is 0.850. The van der Waals surface area contributed by atoms with E-state index in [4.69, 9.17) is 0 Å². The van der Waals surface area contributed by atoms with Crippen molar-refractivity contribution in [2.45, 2.75) is 31.6 Å². The van der Waals surface area contributed by atoms with Gasteiger partial charge in [-0.25, -0.2) is 0 Å². The number of rotatable bonds is 2. The molecule has 3 nitrogen and oxygen atoms in total. The molecule has 3 rings (SSSR count). The highest BCUT2D eigenvalue weighted by molar-refractivity contribution is 7.98. The van der Waals surface area contributed by atoms with E-state index >= 15 is 0 Å². The van der Waals surface area contributed by atoms with Gasteiger partial charge in [0.15, 0.2) is 5.78 Å². The summed E-state index contributed by atoms with van der Waals surface area (Å²) in [6.07, 6.45) is 5.33. The van der Waals surface area contributed by atoms with E-state index in [1.54, 1.807) is 18.0 Å². The molecule has 0 atom stereocenters. The molecule has 1 aliphatic carbocycles.